The van der Waals surface area contributed by atoms with Gasteiger partial charge in [-0.1, -0.05) is 19.4 Å². The quantitative estimate of drug-likeness (QED) is 0.633. The van der Waals surface area contributed by atoms with Gasteiger partial charge in [-0.15, -0.1) is 0 Å². The highest BCUT2D eigenvalue weighted by atomic mass is 16.5. The molecule has 1 unspecified atom stereocenters. The first-order chi connectivity index (χ1) is 13.6. The first-order valence-electron chi connectivity index (χ1n) is 10.4. The predicted octanol–water partition coefficient (Wildman–Crippen LogP) is 2.02. The third-order valence-corrected chi connectivity index (χ3v) is 5.46. The monoisotopic (exact) mass is 388 g/mol. The number of anilines is 2. The van der Waals surface area contributed by atoms with E-state index in [0.29, 0.717) is 19.4 Å². The molecule has 0 bridgehead atoms. The Hall–Kier alpha value is -2.12. The minimum atomic E-state index is -0.575. The number of nitrogens with two attached hydrogens (primary N) is 1. The number of carbonyl (C=O) groups is 2. The summed E-state index contributed by atoms with van der Waals surface area (Å²) in [7, 11) is 0. The average Bonchev–Trinajstić information content (AvgIpc) is 3.39. The first kappa shape index (κ1) is 20.6. The third kappa shape index (κ3) is 5.23. The molecule has 2 saturated heterocycles. The number of carbonyl (C=O) groups excluding carboxylic acids is 2. The second-order valence-electron chi connectivity index (χ2n) is 7.64. The van der Waals surface area contributed by atoms with E-state index in [2.05, 4.69) is 21.6 Å². The summed E-state index contributed by atoms with van der Waals surface area (Å²) >= 11 is 0. The van der Waals surface area contributed by atoms with E-state index < -0.39 is 12.1 Å². The fraction of sp³-hybridized carbons (Fsp3) is 0.619. The molecule has 2 fully saturated rings. The van der Waals surface area contributed by atoms with Crippen LogP contribution in [0.5, 0.6) is 0 Å². The number of ether oxygens (including phenoxy) is 1. The number of rotatable bonds is 8. The Kier molecular flexibility index (Phi) is 7.28. The molecule has 7 nitrogen and oxygen atoms in total. The highest BCUT2D eigenvalue weighted by Gasteiger charge is 2.32. The summed E-state index contributed by atoms with van der Waals surface area (Å²) in [6, 6.07) is 7.33. The lowest BCUT2D eigenvalue weighted by molar-refractivity contribution is -0.135. The number of nitrogens with zero attached hydrogens (tertiary/aromatic N) is 1. The van der Waals surface area contributed by atoms with Crippen LogP contribution in [0.3, 0.4) is 0 Å². The molecule has 2 aliphatic heterocycles. The molecule has 0 aliphatic carbocycles. The van der Waals surface area contributed by atoms with Crippen molar-refractivity contribution in [1.29, 1.82) is 0 Å². The molecule has 7 heteroatoms. The number of nitrogens with one attached hydrogen (secondary N) is 2. The number of hydrogen-bond donors (Lipinski definition) is 3. The standard InChI is InChI=1S/C21H32N4O3/c1-2-6-18(24-21(27)19-10-9-17(14-22)28-19)20(26)23-15-7-5-8-16(13-15)25-11-3-4-12-25/h5,7-8,13,17-19H,2-4,6,9-12,14,22H2,1H3,(H,23,26)(H,24,27)/t17-,18?,19+/m1/s1. The van der Waals surface area contributed by atoms with E-state index in [9.17, 15) is 9.59 Å². The second-order valence-corrected chi connectivity index (χ2v) is 7.64. The van der Waals surface area contributed by atoms with Crippen molar-refractivity contribution in [2.24, 2.45) is 5.73 Å². The minimum Gasteiger partial charge on any atom is -0.371 e. The molecule has 28 heavy (non-hydrogen) atoms. The van der Waals surface area contributed by atoms with Gasteiger partial charge < -0.3 is 26.0 Å². The van der Waals surface area contributed by atoms with Crippen molar-refractivity contribution in [3.63, 3.8) is 0 Å². The molecule has 3 atom stereocenters. The van der Waals surface area contributed by atoms with Gasteiger partial charge in [0.05, 0.1) is 6.10 Å². The molecule has 0 spiro atoms. The van der Waals surface area contributed by atoms with Gasteiger partial charge in [-0.2, -0.15) is 0 Å². The Balaban J connectivity index is 1.59. The van der Waals surface area contributed by atoms with Gasteiger partial charge >= 0.3 is 0 Å². The lowest BCUT2D eigenvalue weighted by Crippen LogP contribution is -2.47. The molecule has 4 N–H and O–H groups in total. The maximum absolute atomic E-state index is 12.8. The van der Waals surface area contributed by atoms with E-state index in [1.165, 1.54) is 12.8 Å². The molecule has 2 heterocycles. The van der Waals surface area contributed by atoms with Crippen LogP contribution in [0.25, 0.3) is 0 Å². The fourth-order valence-corrected chi connectivity index (χ4v) is 3.88. The largest absolute Gasteiger partial charge is 0.371 e. The van der Waals surface area contributed by atoms with Crippen LogP contribution in [0.15, 0.2) is 24.3 Å². The zero-order valence-corrected chi connectivity index (χ0v) is 16.7. The van der Waals surface area contributed by atoms with Gasteiger partial charge in [0.25, 0.3) is 0 Å². The van der Waals surface area contributed by atoms with Gasteiger partial charge in [0.2, 0.25) is 11.8 Å². The van der Waals surface area contributed by atoms with Crippen molar-refractivity contribution in [2.45, 2.75) is 63.7 Å². The Bertz CT molecular complexity index is 675. The van der Waals surface area contributed by atoms with E-state index >= 15 is 0 Å². The smallest absolute Gasteiger partial charge is 0.249 e. The van der Waals surface area contributed by atoms with Crippen molar-refractivity contribution in [1.82, 2.24) is 5.32 Å². The minimum absolute atomic E-state index is 0.0671. The van der Waals surface area contributed by atoms with E-state index in [1.54, 1.807) is 0 Å². The molecular formula is C21H32N4O3. The van der Waals surface area contributed by atoms with Gasteiger partial charge in [-0.3, -0.25) is 9.59 Å². The Morgan fingerprint density at radius 3 is 2.75 bits per heavy atom. The molecule has 1 aromatic rings. The molecular weight excluding hydrogens is 356 g/mol. The normalized spacial score (nSPS) is 22.9. The van der Waals surface area contributed by atoms with Crippen molar-refractivity contribution in [3.8, 4) is 0 Å². The molecule has 2 aliphatic rings. The van der Waals surface area contributed by atoms with Crippen LogP contribution >= 0.6 is 0 Å². The van der Waals surface area contributed by atoms with Crippen molar-refractivity contribution >= 4 is 23.2 Å². The topological polar surface area (TPSA) is 96.7 Å². The summed E-state index contributed by atoms with van der Waals surface area (Å²) in [5, 5.41) is 5.83. The molecule has 2 amide bonds. The average molecular weight is 389 g/mol. The Morgan fingerprint density at radius 1 is 1.29 bits per heavy atom. The van der Waals surface area contributed by atoms with Crippen LogP contribution in [-0.2, 0) is 14.3 Å². The van der Waals surface area contributed by atoms with Crippen LogP contribution in [0.4, 0.5) is 11.4 Å². The van der Waals surface area contributed by atoms with Crippen LogP contribution in [0.2, 0.25) is 0 Å². The summed E-state index contributed by atoms with van der Waals surface area (Å²) in [5.41, 5.74) is 7.49. The number of benzene rings is 1. The zero-order valence-electron chi connectivity index (χ0n) is 16.7. The maximum atomic E-state index is 12.8. The number of hydrogen-bond acceptors (Lipinski definition) is 5. The summed E-state index contributed by atoms with van der Waals surface area (Å²) in [4.78, 5) is 27.6. The third-order valence-electron chi connectivity index (χ3n) is 5.46. The lowest BCUT2D eigenvalue weighted by Gasteiger charge is -2.21. The predicted molar refractivity (Wildman–Crippen MR) is 110 cm³/mol. The van der Waals surface area contributed by atoms with Gasteiger partial charge in [0, 0.05) is 31.0 Å². The summed E-state index contributed by atoms with van der Waals surface area (Å²) in [6.45, 7) is 4.52. The van der Waals surface area contributed by atoms with Crippen molar-refractivity contribution in [3.05, 3.63) is 24.3 Å². The van der Waals surface area contributed by atoms with E-state index in [4.69, 9.17) is 10.5 Å². The van der Waals surface area contributed by atoms with Crippen LogP contribution < -0.4 is 21.3 Å². The summed E-state index contributed by atoms with van der Waals surface area (Å²) in [5.74, 6) is -0.419. The van der Waals surface area contributed by atoms with Crippen molar-refractivity contribution < 1.29 is 14.3 Å². The van der Waals surface area contributed by atoms with Crippen LogP contribution in [-0.4, -0.2) is 49.7 Å². The lowest BCUT2D eigenvalue weighted by atomic mass is 10.1. The van der Waals surface area contributed by atoms with E-state index in [-0.39, 0.29) is 17.9 Å². The fourth-order valence-electron chi connectivity index (χ4n) is 3.88. The van der Waals surface area contributed by atoms with Gasteiger partial charge in [-0.05, 0) is 50.3 Å². The van der Waals surface area contributed by atoms with Crippen LogP contribution in [0, 0.1) is 0 Å². The molecule has 0 radical (unpaired) electrons. The maximum Gasteiger partial charge on any atom is 0.249 e. The molecule has 154 valence electrons. The van der Waals surface area contributed by atoms with Crippen LogP contribution in [0.1, 0.15) is 45.4 Å². The molecule has 0 aromatic heterocycles. The SMILES string of the molecule is CCCC(NC(=O)[C@@H]1CC[C@H](CN)O1)C(=O)Nc1cccc(N2CCCC2)c1. The van der Waals surface area contributed by atoms with Gasteiger partial charge in [-0.25, -0.2) is 0 Å². The first-order valence-corrected chi connectivity index (χ1v) is 10.4. The highest BCUT2D eigenvalue weighted by Crippen LogP contribution is 2.24. The van der Waals surface area contributed by atoms with Gasteiger partial charge in [0.15, 0.2) is 0 Å². The second kappa shape index (κ2) is 9.89. The zero-order chi connectivity index (χ0) is 19.9. The van der Waals surface area contributed by atoms with E-state index in [0.717, 1.165) is 37.3 Å². The molecule has 1 aromatic carbocycles. The summed E-state index contributed by atoms with van der Waals surface area (Å²) < 4.78 is 5.65. The van der Waals surface area contributed by atoms with Gasteiger partial charge in [0.1, 0.15) is 12.1 Å². The van der Waals surface area contributed by atoms with E-state index in [1.807, 2.05) is 25.1 Å². The highest BCUT2D eigenvalue weighted by molar-refractivity contribution is 5.98. The van der Waals surface area contributed by atoms with Crippen molar-refractivity contribution in [2.75, 3.05) is 29.9 Å². The Morgan fingerprint density at radius 2 is 2.07 bits per heavy atom. The Labute approximate surface area is 167 Å². The summed E-state index contributed by atoms with van der Waals surface area (Å²) in [6.07, 6.45) is 4.63. The molecule has 3 rings (SSSR count). The molecule has 0 saturated carbocycles. The number of amides is 2.